The van der Waals surface area contributed by atoms with Crippen LogP contribution in [0.4, 0.5) is 10.5 Å². The van der Waals surface area contributed by atoms with Crippen molar-refractivity contribution in [1.82, 2.24) is 15.1 Å². The smallest absolute Gasteiger partial charge is 0.325 e. The molecule has 9 nitrogen and oxygen atoms in total. The van der Waals surface area contributed by atoms with Crippen molar-refractivity contribution in [2.75, 3.05) is 17.5 Å². The van der Waals surface area contributed by atoms with Gasteiger partial charge in [0.15, 0.2) is 0 Å². The Hall–Kier alpha value is -3.40. The summed E-state index contributed by atoms with van der Waals surface area (Å²) in [6.07, 6.45) is 4.06. The fraction of sp³-hybridized carbons (Fsp3) is 0.423. The summed E-state index contributed by atoms with van der Waals surface area (Å²) in [5, 5.41) is 2.84. The van der Waals surface area contributed by atoms with Crippen LogP contribution in [0.3, 0.4) is 0 Å². The number of hydrogen-bond acceptors (Lipinski definition) is 5. The van der Waals surface area contributed by atoms with Crippen molar-refractivity contribution in [2.45, 2.75) is 50.7 Å². The first kappa shape index (κ1) is 24.3. The van der Waals surface area contributed by atoms with Crippen molar-refractivity contribution in [3.8, 4) is 0 Å². The van der Waals surface area contributed by atoms with E-state index in [1.54, 1.807) is 23.1 Å². The van der Waals surface area contributed by atoms with E-state index < -0.39 is 27.5 Å². The maximum Gasteiger partial charge on any atom is 0.325 e. The maximum absolute atomic E-state index is 13.6. The van der Waals surface area contributed by atoms with E-state index in [4.69, 9.17) is 0 Å². The number of amides is 4. The maximum atomic E-state index is 13.6. The molecule has 4 amide bonds. The molecule has 1 heterocycles. The van der Waals surface area contributed by atoms with E-state index in [2.05, 4.69) is 10.0 Å². The highest BCUT2D eigenvalue weighted by Crippen LogP contribution is 2.42. The van der Waals surface area contributed by atoms with E-state index in [0.717, 1.165) is 35.1 Å². The quantitative estimate of drug-likeness (QED) is 0.530. The van der Waals surface area contributed by atoms with Gasteiger partial charge in [0.05, 0.1) is 6.26 Å². The highest BCUT2D eigenvalue weighted by atomic mass is 32.2. The van der Waals surface area contributed by atoms with Gasteiger partial charge in [-0.1, -0.05) is 36.4 Å². The number of anilines is 1. The van der Waals surface area contributed by atoms with Crippen LogP contribution in [0, 0.1) is 5.92 Å². The van der Waals surface area contributed by atoms with E-state index in [1.165, 1.54) is 0 Å². The zero-order chi connectivity index (χ0) is 25.7. The molecule has 3 aliphatic rings. The van der Waals surface area contributed by atoms with Crippen LogP contribution >= 0.6 is 0 Å². The number of benzene rings is 2. The van der Waals surface area contributed by atoms with Gasteiger partial charge in [-0.05, 0) is 67.3 Å². The fourth-order valence-corrected chi connectivity index (χ4v) is 5.93. The third-order valence-corrected chi connectivity index (χ3v) is 8.03. The summed E-state index contributed by atoms with van der Waals surface area (Å²) in [6, 6.07) is 14.1. The lowest BCUT2D eigenvalue weighted by molar-refractivity contribution is -0.141. The number of hydrogen-bond donors (Lipinski definition) is 2. The van der Waals surface area contributed by atoms with Gasteiger partial charge in [0.1, 0.15) is 12.1 Å². The first-order valence-electron chi connectivity index (χ1n) is 12.2. The van der Waals surface area contributed by atoms with E-state index in [1.807, 2.05) is 37.3 Å². The van der Waals surface area contributed by atoms with Crippen LogP contribution in [0.25, 0.3) is 0 Å². The molecule has 0 bridgehead atoms. The molecule has 10 heteroatoms. The van der Waals surface area contributed by atoms with Gasteiger partial charge < -0.3 is 10.2 Å². The van der Waals surface area contributed by atoms with Crippen LogP contribution in [0.5, 0.6) is 0 Å². The van der Waals surface area contributed by atoms with Crippen LogP contribution in [0.15, 0.2) is 48.5 Å². The molecule has 2 fully saturated rings. The number of carbonyl (C=O) groups excluding carboxylic acids is 3. The molecule has 2 atom stereocenters. The molecule has 2 aromatic rings. The molecule has 2 unspecified atom stereocenters. The third-order valence-electron chi connectivity index (χ3n) is 7.42. The normalized spacial score (nSPS) is 21.9. The first-order chi connectivity index (χ1) is 17.1. The number of aryl methyl sites for hydroxylation is 1. The molecular weight excluding hydrogens is 480 g/mol. The van der Waals surface area contributed by atoms with Crippen molar-refractivity contribution in [2.24, 2.45) is 5.92 Å². The Labute approximate surface area is 210 Å². The highest BCUT2D eigenvalue weighted by molar-refractivity contribution is 7.92. The summed E-state index contributed by atoms with van der Waals surface area (Å²) in [7, 11) is -3.44. The SMILES string of the molecule is CC(C1CC1)N(Cc1ccccc1)C(=O)CN1C(=O)NC2(CCc3cc(NS(C)(=O)=O)ccc32)C1=O. The minimum absolute atomic E-state index is 0.0143. The monoisotopic (exact) mass is 510 g/mol. The number of carbonyl (C=O) groups is 3. The summed E-state index contributed by atoms with van der Waals surface area (Å²) >= 11 is 0. The second-order valence-electron chi connectivity index (χ2n) is 10.1. The van der Waals surface area contributed by atoms with Crippen molar-refractivity contribution in [3.63, 3.8) is 0 Å². The predicted octanol–water partition coefficient (Wildman–Crippen LogP) is 2.58. The Morgan fingerprint density at radius 3 is 2.58 bits per heavy atom. The van der Waals surface area contributed by atoms with Crippen LogP contribution in [0.1, 0.15) is 42.9 Å². The van der Waals surface area contributed by atoms with Crippen LogP contribution in [-0.2, 0) is 38.1 Å². The lowest BCUT2D eigenvalue weighted by Crippen LogP contribution is -2.47. The van der Waals surface area contributed by atoms with E-state index in [0.29, 0.717) is 36.6 Å². The van der Waals surface area contributed by atoms with Gasteiger partial charge in [-0.25, -0.2) is 13.2 Å². The Bertz CT molecular complexity index is 1330. The summed E-state index contributed by atoms with van der Waals surface area (Å²) in [6.45, 7) is 2.13. The average Bonchev–Trinajstić information content (AvgIpc) is 3.58. The summed E-state index contributed by atoms with van der Waals surface area (Å²) in [4.78, 5) is 42.9. The number of fused-ring (bicyclic) bond motifs is 2. The number of imide groups is 1. The number of sulfonamides is 1. The summed E-state index contributed by atoms with van der Waals surface area (Å²) in [5.41, 5.74) is 1.60. The molecule has 2 aliphatic carbocycles. The molecular formula is C26H30N4O5S. The molecule has 5 rings (SSSR count). The van der Waals surface area contributed by atoms with Gasteiger partial charge in [0.2, 0.25) is 15.9 Å². The average molecular weight is 511 g/mol. The molecule has 2 aromatic carbocycles. The van der Waals surface area contributed by atoms with Crippen molar-refractivity contribution >= 4 is 33.6 Å². The van der Waals surface area contributed by atoms with Gasteiger partial charge >= 0.3 is 6.03 Å². The zero-order valence-corrected chi connectivity index (χ0v) is 21.2. The summed E-state index contributed by atoms with van der Waals surface area (Å²) in [5.74, 6) is -0.268. The van der Waals surface area contributed by atoms with E-state index >= 15 is 0 Å². The highest BCUT2D eigenvalue weighted by Gasteiger charge is 2.56. The largest absolute Gasteiger partial charge is 0.334 e. The Balaban J connectivity index is 1.36. The van der Waals surface area contributed by atoms with Gasteiger partial charge in [-0.3, -0.25) is 19.2 Å². The van der Waals surface area contributed by atoms with Crippen molar-refractivity contribution in [1.29, 1.82) is 0 Å². The van der Waals surface area contributed by atoms with E-state index in [9.17, 15) is 22.8 Å². The number of rotatable bonds is 8. The molecule has 36 heavy (non-hydrogen) atoms. The molecule has 0 radical (unpaired) electrons. The van der Waals surface area contributed by atoms with Crippen molar-refractivity contribution < 1.29 is 22.8 Å². The van der Waals surface area contributed by atoms with Gasteiger partial charge in [0, 0.05) is 18.3 Å². The minimum atomic E-state index is -3.44. The number of urea groups is 1. The van der Waals surface area contributed by atoms with Gasteiger partial charge in [-0.15, -0.1) is 0 Å². The van der Waals surface area contributed by atoms with Gasteiger partial charge in [-0.2, -0.15) is 0 Å². The predicted molar refractivity (Wildman–Crippen MR) is 134 cm³/mol. The molecule has 1 spiro atoms. The summed E-state index contributed by atoms with van der Waals surface area (Å²) < 4.78 is 25.6. The minimum Gasteiger partial charge on any atom is -0.334 e. The second kappa shape index (κ2) is 8.92. The molecule has 190 valence electrons. The lowest BCUT2D eigenvalue weighted by atomic mass is 9.91. The van der Waals surface area contributed by atoms with Crippen LogP contribution < -0.4 is 10.0 Å². The molecule has 1 saturated heterocycles. The number of nitrogens with one attached hydrogen (secondary N) is 2. The van der Waals surface area contributed by atoms with Crippen LogP contribution in [-0.4, -0.2) is 54.9 Å². The number of nitrogens with zero attached hydrogens (tertiary/aromatic N) is 2. The van der Waals surface area contributed by atoms with E-state index in [-0.39, 0.29) is 18.5 Å². The van der Waals surface area contributed by atoms with Crippen LogP contribution in [0.2, 0.25) is 0 Å². The lowest BCUT2D eigenvalue weighted by Gasteiger charge is -2.31. The topological polar surface area (TPSA) is 116 Å². The molecule has 1 saturated carbocycles. The Kier molecular flexibility index (Phi) is 6.02. The van der Waals surface area contributed by atoms with Crippen molar-refractivity contribution in [3.05, 3.63) is 65.2 Å². The molecule has 2 N–H and O–H groups in total. The Morgan fingerprint density at radius 1 is 1.19 bits per heavy atom. The second-order valence-corrected chi connectivity index (χ2v) is 11.8. The third kappa shape index (κ3) is 4.57. The molecule has 1 aliphatic heterocycles. The fourth-order valence-electron chi connectivity index (χ4n) is 5.37. The molecule has 0 aromatic heterocycles. The van der Waals surface area contributed by atoms with Gasteiger partial charge in [0.25, 0.3) is 5.91 Å². The standard InChI is InChI=1S/C26H30N4O5S/c1-17(19-8-9-19)29(15-18-6-4-3-5-7-18)23(31)16-30-24(32)26(27-25(30)33)13-12-20-14-21(10-11-22(20)26)28-36(2,34)35/h3-7,10-11,14,17,19,28H,8-9,12-13,15-16H2,1-2H3,(H,27,33). The zero-order valence-electron chi connectivity index (χ0n) is 20.4. The Morgan fingerprint density at radius 2 is 1.92 bits per heavy atom. The first-order valence-corrected chi connectivity index (χ1v) is 14.1.